The number of hydrogen-bond donors (Lipinski definition) is 1. The second kappa shape index (κ2) is 10.9. The molecular formula is C20H23NO6. The van der Waals surface area contributed by atoms with Crippen LogP contribution >= 0.6 is 0 Å². The maximum Gasteiger partial charge on any atom is 0.410 e. The van der Waals surface area contributed by atoms with Crippen LogP contribution in [0.25, 0.3) is 0 Å². The molecule has 1 unspecified atom stereocenters. The lowest BCUT2D eigenvalue weighted by Gasteiger charge is -2.32. The van der Waals surface area contributed by atoms with E-state index in [0.717, 1.165) is 5.56 Å². The van der Waals surface area contributed by atoms with Crippen LogP contribution in [0.15, 0.2) is 54.6 Å². The van der Waals surface area contributed by atoms with Crippen molar-refractivity contribution < 1.29 is 29.0 Å². The molecule has 7 heteroatoms. The third kappa shape index (κ3) is 7.45. The molecule has 1 N–H and O–H groups in total. The van der Waals surface area contributed by atoms with Crippen molar-refractivity contribution in [3.8, 4) is 0 Å². The molecule has 7 nitrogen and oxygen atoms in total. The van der Waals surface area contributed by atoms with Crippen molar-refractivity contribution in [1.82, 2.24) is 4.90 Å². The van der Waals surface area contributed by atoms with Crippen LogP contribution in [0.5, 0.6) is 0 Å². The van der Waals surface area contributed by atoms with Gasteiger partial charge in [-0.15, -0.1) is 0 Å². The van der Waals surface area contributed by atoms with Crippen molar-refractivity contribution in [3.63, 3.8) is 0 Å². The summed E-state index contributed by atoms with van der Waals surface area (Å²) in [4.78, 5) is 36.0. The molecule has 144 valence electrons. The van der Waals surface area contributed by atoms with E-state index in [-0.39, 0.29) is 31.6 Å². The van der Waals surface area contributed by atoms with Crippen molar-refractivity contribution >= 4 is 17.8 Å². The molecule has 0 saturated carbocycles. The highest BCUT2D eigenvalue weighted by atomic mass is 16.6. The van der Waals surface area contributed by atoms with E-state index in [1.165, 1.54) is 11.0 Å². The highest BCUT2D eigenvalue weighted by Crippen LogP contribution is 2.15. The smallest absolute Gasteiger partial charge is 0.410 e. The summed E-state index contributed by atoms with van der Waals surface area (Å²) >= 11 is 0. The number of ketones is 1. The van der Waals surface area contributed by atoms with Crippen LogP contribution in [-0.2, 0) is 25.5 Å². The number of carboxylic acid groups (broad SMARTS) is 1. The molecule has 1 atom stereocenters. The topological polar surface area (TPSA) is 93.1 Å². The third-order valence-corrected chi connectivity index (χ3v) is 3.91. The van der Waals surface area contributed by atoms with Gasteiger partial charge in [0.15, 0.2) is 5.78 Å². The number of nitrogens with zero attached hydrogens (tertiary/aromatic N) is 1. The van der Waals surface area contributed by atoms with E-state index in [2.05, 4.69) is 0 Å². The van der Waals surface area contributed by atoms with Gasteiger partial charge >= 0.3 is 12.1 Å². The SMILES string of the molecule is O=C(O)COC/C=C\CN1C(=O)OCCC1/C=C/C(=O)Cc1ccccc1. The molecule has 1 heterocycles. The quantitative estimate of drug-likeness (QED) is 0.384. The molecule has 1 aliphatic rings. The van der Waals surface area contributed by atoms with Crippen LogP contribution in [0.4, 0.5) is 4.79 Å². The first-order chi connectivity index (χ1) is 13.1. The highest BCUT2D eigenvalue weighted by molar-refractivity contribution is 5.91. The molecule has 27 heavy (non-hydrogen) atoms. The maximum atomic E-state index is 12.1. The van der Waals surface area contributed by atoms with Crippen molar-refractivity contribution in [2.75, 3.05) is 26.4 Å². The van der Waals surface area contributed by atoms with E-state index in [4.69, 9.17) is 14.6 Å². The van der Waals surface area contributed by atoms with E-state index in [9.17, 15) is 14.4 Å². The predicted molar refractivity (Wildman–Crippen MR) is 98.3 cm³/mol. The average Bonchev–Trinajstić information content (AvgIpc) is 2.65. The summed E-state index contributed by atoms with van der Waals surface area (Å²) in [5.41, 5.74) is 0.941. The standard InChI is InChI=1S/C20H23NO6/c22-18(14-16-6-2-1-3-7-16)9-8-17-10-13-27-20(25)21(17)11-4-5-12-26-15-19(23)24/h1-9,17H,10-15H2,(H,23,24)/b5-4-,9-8+. The number of rotatable bonds is 10. The molecule has 0 aromatic heterocycles. The fourth-order valence-corrected chi connectivity index (χ4v) is 2.60. The first-order valence-electron chi connectivity index (χ1n) is 8.69. The lowest BCUT2D eigenvalue weighted by atomic mass is 10.1. The summed E-state index contributed by atoms with van der Waals surface area (Å²) in [6.07, 6.45) is 7.08. The normalized spacial score (nSPS) is 17.4. The van der Waals surface area contributed by atoms with Gasteiger partial charge in [0.05, 0.1) is 19.3 Å². The number of aliphatic carboxylic acids is 1. The van der Waals surface area contributed by atoms with E-state index in [1.54, 1.807) is 18.2 Å². The van der Waals surface area contributed by atoms with Gasteiger partial charge in [-0.1, -0.05) is 48.6 Å². The molecule has 0 spiro atoms. The van der Waals surface area contributed by atoms with Crippen LogP contribution in [0.3, 0.4) is 0 Å². The van der Waals surface area contributed by atoms with Crippen molar-refractivity contribution in [2.45, 2.75) is 18.9 Å². The first-order valence-corrected chi connectivity index (χ1v) is 8.69. The summed E-state index contributed by atoms with van der Waals surface area (Å²) < 4.78 is 9.95. The highest BCUT2D eigenvalue weighted by Gasteiger charge is 2.26. The Labute approximate surface area is 157 Å². The van der Waals surface area contributed by atoms with Crippen LogP contribution in [0, 0.1) is 0 Å². The number of carbonyl (C=O) groups excluding carboxylic acids is 2. The number of allylic oxidation sites excluding steroid dienone is 1. The van der Waals surface area contributed by atoms with Gasteiger partial charge in [-0.05, 0) is 11.6 Å². The Morgan fingerprint density at radius 2 is 2.04 bits per heavy atom. The summed E-state index contributed by atoms with van der Waals surface area (Å²) in [5, 5.41) is 8.49. The average molecular weight is 373 g/mol. The Bertz CT molecular complexity index is 698. The predicted octanol–water partition coefficient (Wildman–Crippen LogP) is 2.22. The van der Waals surface area contributed by atoms with Crippen LogP contribution < -0.4 is 0 Å². The molecule has 2 rings (SSSR count). The zero-order chi connectivity index (χ0) is 19.5. The lowest BCUT2D eigenvalue weighted by molar-refractivity contribution is -0.141. The van der Waals surface area contributed by atoms with E-state index >= 15 is 0 Å². The molecule has 0 bridgehead atoms. The fourth-order valence-electron chi connectivity index (χ4n) is 2.60. The minimum Gasteiger partial charge on any atom is -0.480 e. The molecule has 1 saturated heterocycles. The van der Waals surface area contributed by atoms with Gasteiger partial charge in [-0.3, -0.25) is 9.69 Å². The molecule has 1 aliphatic heterocycles. The summed E-state index contributed by atoms with van der Waals surface area (Å²) in [5.74, 6) is -1.06. The summed E-state index contributed by atoms with van der Waals surface area (Å²) in [6, 6.07) is 9.24. The van der Waals surface area contributed by atoms with Crippen LogP contribution in [-0.4, -0.2) is 60.3 Å². The molecule has 0 radical (unpaired) electrons. The molecular weight excluding hydrogens is 350 g/mol. The number of ether oxygens (including phenoxy) is 2. The minimum absolute atomic E-state index is 0.0299. The minimum atomic E-state index is -1.03. The molecule has 1 fully saturated rings. The monoisotopic (exact) mass is 373 g/mol. The Balaban J connectivity index is 1.86. The summed E-state index contributed by atoms with van der Waals surface area (Å²) in [7, 11) is 0. The number of carboxylic acids is 1. The van der Waals surface area contributed by atoms with Crippen LogP contribution in [0.1, 0.15) is 12.0 Å². The number of carbonyl (C=O) groups is 3. The zero-order valence-electron chi connectivity index (χ0n) is 15.0. The van der Waals surface area contributed by atoms with E-state index in [0.29, 0.717) is 19.4 Å². The second-order valence-electron chi connectivity index (χ2n) is 5.99. The Morgan fingerprint density at radius 1 is 1.26 bits per heavy atom. The van der Waals surface area contributed by atoms with Crippen LogP contribution in [0.2, 0.25) is 0 Å². The Morgan fingerprint density at radius 3 is 2.78 bits per heavy atom. The van der Waals surface area contributed by atoms with Gasteiger partial charge in [-0.25, -0.2) is 9.59 Å². The first kappa shape index (κ1) is 20.4. The van der Waals surface area contributed by atoms with Gasteiger partial charge in [0.25, 0.3) is 0 Å². The van der Waals surface area contributed by atoms with Gasteiger partial charge in [0, 0.05) is 19.4 Å². The third-order valence-electron chi connectivity index (χ3n) is 3.91. The van der Waals surface area contributed by atoms with E-state index in [1.807, 2.05) is 30.3 Å². The zero-order valence-corrected chi connectivity index (χ0v) is 15.0. The van der Waals surface area contributed by atoms with Crippen molar-refractivity contribution in [2.24, 2.45) is 0 Å². The summed E-state index contributed by atoms with van der Waals surface area (Å²) in [6.45, 7) is 0.371. The van der Waals surface area contributed by atoms with Gasteiger partial charge < -0.3 is 14.6 Å². The largest absolute Gasteiger partial charge is 0.480 e. The van der Waals surface area contributed by atoms with Crippen molar-refractivity contribution in [3.05, 3.63) is 60.2 Å². The second-order valence-corrected chi connectivity index (χ2v) is 5.99. The molecule has 0 aliphatic carbocycles. The Kier molecular flexibility index (Phi) is 8.25. The molecule has 1 aromatic carbocycles. The molecule has 1 amide bonds. The van der Waals surface area contributed by atoms with E-state index < -0.39 is 12.1 Å². The Hall–Kier alpha value is -2.93. The fraction of sp³-hybridized carbons (Fsp3) is 0.350. The lowest BCUT2D eigenvalue weighted by Crippen LogP contribution is -2.44. The van der Waals surface area contributed by atoms with Gasteiger partial charge in [-0.2, -0.15) is 0 Å². The number of hydrogen-bond acceptors (Lipinski definition) is 5. The number of amides is 1. The van der Waals surface area contributed by atoms with Crippen molar-refractivity contribution in [1.29, 1.82) is 0 Å². The van der Waals surface area contributed by atoms with Gasteiger partial charge in [0.2, 0.25) is 0 Å². The molecule has 1 aromatic rings. The maximum absolute atomic E-state index is 12.1. The number of cyclic esters (lactones) is 1. The number of benzene rings is 1. The van der Waals surface area contributed by atoms with Gasteiger partial charge in [0.1, 0.15) is 6.61 Å².